The number of pyridine rings is 1. The van der Waals surface area contributed by atoms with Crippen LogP contribution in [0.1, 0.15) is 49.7 Å². The zero-order valence-corrected chi connectivity index (χ0v) is 16.0. The van der Waals surface area contributed by atoms with Crippen LogP contribution in [0.2, 0.25) is 0 Å². The van der Waals surface area contributed by atoms with E-state index in [9.17, 15) is 4.79 Å². The first-order valence-electron chi connectivity index (χ1n) is 9.25. The van der Waals surface area contributed by atoms with Crippen LogP contribution in [0.25, 0.3) is 21.8 Å². The fraction of sp³-hybridized carbons (Fsp3) is 0.429. The van der Waals surface area contributed by atoms with Gasteiger partial charge in [0, 0.05) is 23.0 Å². The molecule has 2 aromatic heterocycles. The van der Waals surface area contributed by atoms with Crippen molar-refractivity contribution in [3.05, 3.63) is 35.5 Å². The summed E-state index contributed by atoms with van der Waals surface area (Å²) >= 11 is 0. The molecular formula is C21H27N3O2. The largest absolute Gasteiger partial charge is 0.465 e. The van der Waals surface area contributed by atoms with E-state index in [2.05, 4.69) is 36.4 Å². The number of anilines is 1. The highest BCUT2D eigenvalue weighted by Crippen LogP contribution is 2.33. The molecule has 0 amide bonds. The van der Waals surface area contributed by atoms with Crippen molar-refractivity contribution in [1.29, 1.82) is 0 Å². The number of methoxy groups -OCH3 is 1. The van der Waals surface area contributed by atoms with Crippen LogP contribution in [0.4, 0.5) is 5.82 Å². The summed E-state index contributed by atoms with van der Waals surface area (Å²) in [4.78, 5) is 16.4. The Bertz CT molecular complexity index is 957. The first kappa shape index (κ1) is 18.2. The van der Waals surface area contributed by atoms with Crippen molar-refractivity contribution in [2.45, 2.75) is 46.6 Å². The summed E-state index contributed by atoms with van der Waals surface area (Å²) in [5.41, 5.74) is 9.91. The number of hydrogen-bond donors (Lipinski definition) is 1. The number of aryl methyl sites for hydroxylation is 1. The highest BCUT2D eigenvalue weighted by Gasteiger charge is 2.17. The lowest BCUT2D eigenvalue weighted by molar-refractivity contribution is 0.0601. The van der Waals surface area contributed by atoms with Crippen molar-refractivity contribution in [1.82, 2.24) is 9.55 Å². The van der Waals surface area contributed by atoms with Crippen molar-refractivity contribution in [3.63, 3.8) is 0 Å². The molecule has 0 aliphatic carbocycles. The van der Waals surface area contributed by atoms with Gasteiger partial charge in [-0.2, -0.15) is 0 Å². The van der Waals surface area contributed by atoms with Gasteiger partial charge in [0.05, 0.1) is 23.7 Å². The molecular weight excluding hydrogens is 326 g/mol. The van der Waals surface area contributed by atoms with Gasteiger partial charge in [0.2, 0.25) is 0 Å². The second-order valence-electron chi connectivity index (χ2n) is 7.23. The van der Waals surface area contributed by atoms with Crippen LogP contribution >= 0.6 is 0 Å². The first-order valence-corrected chi connectivity index (χ1v) is 9.25. The number of nitrogens with zero attached hydrogens (tertiary/aromatic N) is 2. The number of aromatic nitrogens is 2. The highest BCUT2D eigenvalue weighted by molar-refractivity contribution is 6.10. The van der Waals surface area contributed by atoms with Gasteiger partial charge in [-0.25, -0.2) is 9.78 Å². The Morgan fingerprint density at radius 1 is 1.27 bits per heavy atom. The highest BCUT2D eigenvalue weighted by atomic mass is 16.5. The molecule has 26 heavy (non-hydrogen) atoms. The molecule has 3 rings (SSSR count). The van der Waals surface area contributed by atoms with E-state index in [1.165, 1.54) is 12.8 Å². The van der Waals surface area contributed by atoms with E-state index in [1.54, 1.807) is 12.1 Å². The molecule has 0 fully saturated rings. The number of carbonyl (C=O) groups excluding carboxylic acids is 1. The molecule has 0 spiro atoms. The Hall–Kier alpha value is -2.56. The fourth-order valence-corrected chi connectivity index (χ4v) is 3.49. The zero-order valence-electron chi connectivity index (χ0n) is 16.0. The Balaban J connectivity index is 2.29. The number of esters is 1. The molecule has 2 N–H and O–H groups in total. The lowest BCUT2D eigenvalue weighted by Gasteiger charge is -2.15. The molecule has 0 aliphatic heterocycles. The first-order chi connectivity index (χ1) is 12.5. The molecule has 0 atom stereocenters. The van der Waals surface area contributed by atoms with E-state index in [0.29, 0.717) is 17.3 Å². The monoisotopic (exact) mass is 353 g/mol. The second kappa shape index (κ2) is 7.36. The van der Waals surface area contributed by atoms with Gasteiger partial charge in [-0.05, 0) is 43.0 Å². The maximum Gasteiger partial charge on any atom is 0.337 e. The fourth-order valence-electron chi connectivity index (χ4n) is 3.49. The second-order valence-corrected chi connectivity index (χ2v) is 7.23. The molecule has 1 aromatic carbocycles. The van der Waals surface area contributed by atoms with Crippen LogP contribution in [0.15, 0.2) is 24.3 Å². The van der Waals surface area contributed by atoms with Crippen molar-refractivity contribution >= 4 is 33.6 Å². The van der Waals surface area contributed by atoms with Crippen LogP contribution in [-0.2, 0) is 17.7 Å². The minimum Gasteiger partial charge on any atom is -0.465 e. The van der Waals surface area contributed by atoms with Gasteiger partial charge >= 0.3 is 5.97 Å². The van der Waals surface area contributed by atoms with E-state index in [-0.39, 0.29) is 5.97 Å². The number of unbranched alkanes of at least 4 members (excludes halogenated alkanes) is 1. The topological polar surface area (TPSA) is 70.1 Å². The summed E-state index contributed by atoms with van der Waals surface area (Å²) in [6.07, 6.45) is 3.32. The third-order valence-electron chi connectivity index (χ3n) is 4.71. The lowest BCUT2D eigenvalue weighted by atomic mass is 10.1. The summed E-state index contributed by atoms with van der Waals surface area (Å²) in [6.45, 7) is 7.57. The molecule has 0 bridgehead atoms. The average molecular weight is 353 g/mol. The number of rotatable bonds is 6. The standard InChI is InChI=1S/C21H27N3O2/c1-5-6-7-15-11-17-19(24(15)12-13(2)3)16-9-8-14(21(25)26-4)10-18(16)23-20(17)22/h8-11,13H,5-7,12H2,1-4H3,(H2,22,23). The van der Waals surface area contributed by atoms with Crippen molar-refractivity contribution < 1.29 is 9.53 Å². The number of nitrogen functional groups attached to an aromatic ring is 1. The third-order valence-corrected chi connectivity index (χ3v) is 4.71. The van der Waals surface area contributed by atoms with Crippen LogP contribution in [0, 0.1) is 5.92 Å². The van der Waals surface area contributed by atoms with Crippen LogP contribution in [0.5, 0.6) is 0 Å². The third kappa shape index (κ3) is 3.26. The molecule has 3 aromatic rings. The predicted molar refractivity (Wildman–Crippen MR) is 106 cm³/mol. The smallest absolute Gasteiger partial charge is 0.337 e. The number of carbonyl (C=O) groups is 1. The van der Waals surface area contributed by atoms with E-state index in [4.69, 9.17) is 10.5 Å². The number of hydrogen-bond acceptors (Lipinski definition) is 4. The normalized spacial score (nSPS) is 11.6. The van der Waals surface area contributed by atoms with E-state index < -0.39 is 0 Å². The van der Waals surface area contributed by atoms with Gasteiger partial charge in [0.25, 0.3) is 0 Å². The number of nitrogens with two attached hydrogens (primary N) is 1. The molecule has 0 aliphatic rings. The van der Waals surface area contributed by atoms with E-state index in [0.717, 1.165) is 47.6 Å². The molecule has 5 heteroatoms. The van der Waals surface area contributed by atoms with Crippen molar-refractivity contribution in [3.8, 4) is 0 Å². The van der Waals surface area contributed by atoms with Crippen LogP contribution in [-0.4, -0.2) is 22.6 Å². The molecule has 2 heterocycles. The SMILES string of the molecule is CCCCc1cc2c(N)nc3cc(C(=O)OC)ccc3c2n1CC(C)C. The number of fused-ring (bicyclic) bond motifs is 3. The van der Waals surface area contributed by atoms with Gasteiger partial charge in [-0.3, -0.25) is 0 Å². The van der Waals surface area contributed by atoms with Gasteiger partial charge in [0.15, 0.2) is 0 Å². The van der Waals surface area contributed by atoms with E-state index in [1.807, 2.05) is 6.07 Å². The van der Waals surface area contributed by atoms with E-state index >= 15 is 0 Å². The molecule has 138 valence electrons. The van der Waals surface area contributed by atoms with Crippen molar-refractivity contribution in [2.24, 2.45) is 5.92 Å². The molecule has 0 radical (unpaired) electrons. The van der Waals surface area contributed by atoms with Gasteiger partial charge in [-0.15, -0.1) is 0 Å². The Kier molecular flexibility index (Phi) is 5.16. The Labute approximate surface area is 154 Å². The number of ether oxygens (including phenoxy) is 1. The van der Waals surface area contributed by atoms with Gasteiger partial charge < -0.3 is 15.0 Å². The van der Waals surface area contributed by atoms with Gasteiger partial charge in [-0.1, -0.05) is 27.2 Å². The molecule has 0 saturated carbocycles. The summed E-state index contributed by atoms with van der Waals surface area (Å²) in [5.74, 6) is 0.660. The summed E-state index contributed by atoms with van der Waals surface area (Å²) in [7, 11) is 1.38. The maximum atomic E-state index is 11.9. The summed E-state index contributed by atoms with van der Waals surface area (Å²) < 4.78 is 7.21. The number of benzene rings is 1. The molecule has 0 saturated heterocycles. The van der Waals surface area contributed by atoms with Gasteiger partial charge in [0.1, 0.15) is 5.82 Å². The summed E-state index contributed by atoms with van der Waals surface area (Å²) in [5, 5.41) is 2.01. The Morgan fingerprint density at radius 2 is 2.04 bits per heavy atom. The molecule has 5 nitrogen and oxygen atoms in total. The summed E-state index contributed by atoms with van der Waals surface area (Å²) in [6, 6.07) is 7.69. The zero-order chi connectivity index (χ0) is 18.8. The van der Waals surface area contributed by atoms with Crippen LogP contribution < -0.4 is 5.73 Å². The minimum absolute atomic E-state index is 0.367. The molecule has 0 unspecified atom stereocenters. The average Bonchev–Trinajstić information content (AvgIpc) is 2.97. The minimum atomic E-state index is -0.367. The lowest BCUT2D eigenvalue weighted by Crippen LogP contribution is -2.09. The maximum absolute atomic E-state index is 11.9. The van der Waals surface area contributed by atoms with Crippen molar-refractivity contribution in [2.75, 3.05) is 12.8 Å². The quantitative estimate of drug-likeness (QED) is 0.660. The predicted octanol–water partition coefficient (Wildman–Crippen LogP) is 4.56. The Morgan fingerprint density at radius 3 is 2.69 bits per heavy atom. The van der Waals surface area contributed by atoms with Crippen LogP contribution in [0.3, 0.4) is 0 Å².